The average Bonchev–Trinajstić information content (AvgIpc) is 3.14. The maximum absolute atomic E-state index is 11.6. The van der Waals surface area contributed by atoms with E-state index in [1.807, 2.05) is 30.1 Å². The van der Waals surface area contributed by atoms with Crippen molar-refractivity contribution in [3.05, 3.63) is 30.8 Å². The number of hydrogen-bond acceptors (Lipinski definition) is 5. The SMILES string of the molecule is COc1cc(N(C)C2(C(N)=O)CC2)ccc1-c1cnco1. The minimum atomic E-state index is -0.557. The summed E-state index contributed by atoms with van der Waals surface area (Å²) in [7, 11) is 3.47. The zero-order valence-electron chi connectivity index (χ0n) is 12.0. The van der Waals surface area contributed by atoms with Gasteiger partial charge in [0.25, 0.3) is 0 Å². The van der Waals surface area contributed by atoms with Crippen LogP contribution < -0.4 is 15.4 Å². The maximum Gasteiger partial charge on any atom is 0.243 e. The van der Waals surface area contributed by atoms with Crippen LogP contribution >= 0.6 is 0 Å². The maximum atomic E-state index is 11.6. The zero-order valence-corrected chi connectivity index (χ0v) is 12.0. The third-order valence-corrected chi connectivity index (χ3v) is 4.09. The molecular weight excluding hydrogens is 270 g/mol. The summed E-state index contributed by atoms with van der Waals surface area (Å²) in [6.07, 6.45) is 4.57. The number of nitrogens with two attached hydrogens (primary N) is 1. The third-order valence-electron chi connectivity index (χ3n) is 4.09. The summed E-state index contributed by atoms with van der Waals surface area (Å²) in [5.74, 6) is 1.01. The Labute approximate surface area is 122 Å². The molecule has 1 aliphatic carbocycles. The van der Waals surface area contributed by atoms with Crippen molar-refractivity contribution in [2.75, 3.05) is 19.1 Å². The van der Waals surface area contributed by atoms with Gasteiger partial charge in [-0.1, -0.05) is 0 Å². The summed E-state index contributed by atoms with van der Waals surface area (Å²) < 4.78 is 10.7. The van der Waals surface area contributed by atoms with E-state index in [1.165, 1.54) is 6.39 Å². The van der Waals surface area contributed by atoms with Gasteiger partial charge in [-0.2, -0.15) is 0 Å². The molecule has 21 heavy (non-hydrogen) atoms. The number of benzene rings is 1. The van der Waals surface area contributed by atoms with E-state index in [-0.39, 0.29) is 5.91 Å². The molecular formula is C15H17N3O3. The number of oxazole rings is 1. The molecule has 1 aromatic heterocycles. The number of ether oxygens (including phenoxy) is 1. The van der Waals surface area contributed by atoms with Gasteiger partial charge in [0.05, 0.1) is 18.9 Å². The van der Waals surface area contributed by atoms with Gasteiger partial charge in [0, 0.05) is 18.8 Å². The molecule has 0 atom stereocenters. The molecule has 1 saturated carbocycles. The second-order valence-electron chi connectivity index (χ2n) is 5.21. The van der Waals surface area contributed by atoms with Crippen LogP contribution in [0.25, 0.3) is 11.3 Å². The summed E-state index contributed by atoms with van der Waals surface area (Å²) >= 11 is 0. The highest BCUT2D eigenvalue weighted by atomic mass is 16.5. The van der Waals surface area contributed by atoms with Crippen LogP contribution in [0, 0.1) is 0 Å². The van der Waals surface area contributed by atoms with Crippen LogP contribution in [-0.4, -0.2) is 30.6 Å². The second-order valence-corrected chi connectivity index (χ2v) is 5.21. The number of likely N-dealkylation sites (N-methyl/N-ethyl adjacent to an activating group) is 1. The summed E-state index contributed by atoms with van der Waals surface area (Å²) in [4.78, 5) is 17.5. The van der Waals surface area contributed by atoms with Crippen molar-refractivity contribution < 1.29 is 13.9 Å². The van der Waals surface area contributed by atoms with E-state index in [1.54, 1.807) is 13.3 Å². The average molecular weight is 287 g/mol. The van der Waals surface area contributed by atoms with Gasteiger partial charge in [-0.15, -0.1) is 0 Å². The Morgan fingerprint density at radius 3 is 2.76 bits per heavy atom. The number of carbonyl (C=O) groups excluding carboxylic acids is 1. The highest BCUT2D eigenvalue weighted by Gasteiger charge is 2.52. The van der Waals surface area contributed by atoms with Crippen molar-refractivity contribution in [1.82, 2.24) is 4.98 Å². The Hall–Kier alpha value is -2.50. The lowest BCUT2D eigenvalue weighted by Crippen LogP contribution is -2.45. The fraction of sp³-hybridized carbons (Fsp3) is 0.333. The Balaban J connectivity index is 1.97. The smallest absolute Gasteiger partial charge is 0.243 e. The number of methoxy groups -OCH3 is 1. The number of rotatable bonds is 5. The van der Waals surface area contributed by atoms with Gasteiger partial charge in [-0.3, -0.25) is 4.79 Å². The van der Waals surface area contributed by atoms with E-state index in [2.05, 4.69) is 4.98 Å². The molecule has 0 spiro atoms. The van der Waals surface area contributed by atoms with Crippen molar-refractivity contribution >= 4 is 11.6 Å². The molecule has 1 fully saturated rings. The van der Waals surface area contributed by atoms with E-state index >= 15 is 0 Å². The predicted octanol–water partition coefficient (Wildman–Crippen LogP) is 1.80. The zero-order chi connectivity index (χ0) is 15.0. The van der Waals surface area contributed by atoms with Crippen molar-refractivity contribution in [2.24, 2.45) is 5.73 Å². The molecule has 0 bridgehead atoms. The fourth-order valence-corrected chi connectivity index (χ4v) is 2.55. The quantitative estimate of drug-likeness (QED) is 0.907. The Kier molecular flexibility index (Phi) is 3.08. The Morgan fingerprint density at radius 1 is 1.48 bits per heavy atom. The van der Waals surface area contributed by atoms with Crippen molar-refractivity contribution in [3.8, 4) is 17.1 Å². The minimum Gasteiger partial charge on any atom is -0.496 e. The van der Waals surface area contributed by atoms with Crippen LogP contribution in [0.15, 0.2) is 35.2 Å². The molecule has 0 unspecified atom stereocenters. The number of carbonyl (C=O) groups is 1. The van der Waals surface area contributed by atoms with Crippen LogP contribution in [-0.2, 0) is 4.79 Å². The van der Waals surface area contributed by atoms with Crippen LogP contribution in [0.3, 0.4) is 0 Å². The van der Waals surface area contributed by atoms with Gasteiger partial charge in [0.1, 0.15) is 11.3 Å². The van der Waals surface area contributed by atoms with E-state index in [0.29, 0.717) is 11.5 Å². The largest absolute Gasteiger partial charge is 0.496 e. The molecule has 0 radical (unpaired) electrons. The van der Waals surface area contributed by atoms with E-state index < -0.39 is 5.54 Å². The number of aromatic nitrogens is 1. The first-order chi connectivity index (χ1) is 10.1. The number of nitrogens with zero attached hydrogens (tertiary/aromatic N) is 2. The molecule has 0 aliphatic heterocycles. The molecule has 1 heterocycles. The van der Waals surface area contributed by atoms with Gasteiger partial charge in [0.2, 0.25) is 5.91 Å². The summed E-state index contributed by atoms with van der Waals surface area (Å²) in [6.45, 7) is 0. The highest BCUT2D eigenvalue weighted by molar-refractivity contribution is 5.92. The van der Waals surface area contributed by atoms with E-state index in [9.17, 15) is 4.79 Å². The lowest BCUT2D eigenvalue weighted by molar-refractivity contribution is -0.120. The van der Waals surface area contributed by atoms with Gasteiger partial charge in [0.15, 0.2) is 12.2 Å². The normalized spacial score (nSPS) is 15.5. The number of primary amides is 1. The molecule has 0 saturated heterocycles. The molecule has 1 aromatic carbocycles. The van der Waals surface area contributed by atoms with Gasteiger partial charge in [-0.25, -0.2) is 4.98 Å². The van der Waals surface area contributed by atoms with Crippen molar-refractivity contribution in [1.29, 1.82) is 0 Å². The van der Waals surface area contributed by atoms with E-state index in [4.69, 9.17) is 14.9 Å². The first kappa shape index (κ1) is 13.5. The van der Waals surface area contributed by atoms with Gasteiger partial charge >= 0.3 is 0 Å². The van der Waals surface area contributed by atoms with E-state index in [0.717, 1.165) is 24.1 Å². The van der Waals surface area contributed by atoms with Crippen LogP contribution in [0.5, 0.6) is 5.75 Å². The Bertz CT molecular complexity index is 663. The Morgan fingerprint density at radius 2 is 2.24 bits per heavy atom. The first-order valence-electron chi connectivity index (χ1n) is 6.69. The molecule has 1 amide bonds. The molecule has 1 aliphatic rings. The summed E-state index contributed by atoms with van der Waals surface area (Å²) in [5.41, 5.74) is 6.65. The molecule has 110 valence electrons. The van der Waals surface area contributed by atoms with Crippen molar-refractivity contribution in [2.45, 2.75) is 18.4 Å². The second kappa shape index (κ2) is 4.80. The van der Waals surface area contributed by atoms with Crippen LogP contribution in [0.2, 0.25) is 0 Å². The lowest BCUT2D eigenvalue weighted by atomic mass is 10.1. The summed E-state index contributed by atoms with van der Waals surface area (Å²) in [6, 6.07) is 5.69. The molecule has 2 aromatic rings. The molecule has 3 rings (SSSR count). The highest BCUT2D eigenvalue weighted by Crippen LogP contribution is 2.44. The van der Waals surface area contributed by atoms with Crippen LogP contribution in [0.1, 0.15) is 12.8 Å². The monoisotopic (exact) mass is 287 g/mol. The molecule has 6 heteroatoms. The van der Waals surface area contributed by atoms with Gasteiger partial charge < -0.3 is 19.8 Å². The number of amides is 1. The van der Waals surface area contributed by atoms with Crippen LogP contribution in [0.4, 0.5) is 5.69 Å². The standard InChI is InChI=1S/C15H17N3O3/c1-18(15(5-6-15)14(16)19)10-3-4-11(12(7-10)20-2)13-8-17-9-21-13/h3-4,7-9H,5-6H2,1-2H3,(H2,16,19). The fourth-order valence-electron chi connectivity index (χ4n) is 2.55. The molecule has 6 nitrogen and oxygen atoms in total. The first-order valence-corrected chi connectivity index (χ1v) is 6.69. The third kappa shape index (κ3) is 2.12. The summed E-state index contributed by atoms with van der Waals surface area (Å²) in [5, 5.41) is 0. The number of anilines is 1. The minimum absolute atomic E-state index is 0.289. The number of hydrogen-bond donors (Lipinski definition) is 1. The topological polar surface area (TPSA) is 81.6 Å². The molecule has 2 N–H and O–H groups in total. The lowest BCUT2D eigenvalue weighted by Gasteiger charge is -2.28. The van der Waals surface area contributed by atoms with Crippen molar-refractivity contribution in [3.63, 3.8) is 0 Å². The van der Waals surface area contributed by atoms with Gasteiger partial charge in [-0.05, 0) is 25.0 Å². The predicted molar refractivity (Wildman–Crippen MR) is 78.1 cm³/mol.